The number of carboxylic acid groups (broad SMARTS) is 1. The van der Waals surface area contributed by atoms with Crippen molar-refractivity contribution in [3.8, 4) is 0 Å². The van der Waals surface area contributed by atoms with E-state index in [1.165, 1.54) is 19.4 Å². The van der Waals surface area contributed by atoms with Gasteiger partial charge >= 0.3 is 5.97 Å². The van der Waals surface area contributed by atoms with Crippen molar-refractivity contribution in [2.24, 2.45) is 5.41 Å². The van der Waals surface area contributed by atoms with Crippen LogP contribution in [0, 0.1) is 5.41 Å². The predicted octanol–water partition coefficient (Wildman–Crippen LogP) is 2.86. The Morgan fingerprint density at radius 2 is 1.67 bits per heavy atom. The van der Waals surface area contributed by atoms with Gasteiger partial charge in [-0.2, -0.15) is 0 Å². The van der Waals surface area contributed by atoms with Crippen LogP contribution < -0.4 is 5.32 Å². The molecule has 1 rings (SSSR count). The summed E-state index contributed by atoms with van der Waals surface area (Å²) in [6.45, 7) is 6.93. The average Bonchev–Trinajstić information content (AvgIpc) is 2.29. The molecule has 4 heteroatoms. The summed E-state index contributed by atoms with van der Waals surface area (Å²) in [5.41, 5.74) is 0.348. The Hall–Kier alpha value is -1.84. The third-order valence-electron chi connectivity index (χ3n) is 2.94. The minimum absolute atomic E-state index is 0.421. The van der Waals surface area contributed by atoms with Crippen LogP contribution in [-0.4, -0.2) is 17.0 Å². The summed E-state index contributed by atoms with van der Waals surface area (Å²) in [6, 6.07) is 7.42. The molecule has 0 saturated heterocycles. The maximum Gasteiger partial charge on any atom is 0.318 e. The normalized spacial score (nSPS) is 11.4. The van der Waals surface area contributed by atoms with Crippen molar-refractivity contribution in [2.75, 3.05) is 5.32 Å². The Kier molecular flexibility index (Phi) is 4.11. The standard InChI is InChI=1S/C14H19NO3/c1-9(2)10-5-7-11(8-6-10)15-12(16)14(3,4)13(17)18/h5-9H,1-4H3,(H,15,16)(H,17,18). The van der Waals surface area contributed by atoms with Gasteiger partial charge < -0.3 is 10.4 Å². The highest BCUT2D eigenvalue weighted by atomic mass is 16.4. The molecular formula is C14H19NO3. The summed E-state index contributed by atoms with van der Waals surface area (Å²) >= 11 is 0. The molecule has 98 valence electrons. The molecule has 0 saturated carbocycles. The van der Waals surface area contributed by atoms with Gasteiger partial charge in [-0.15, -0.1) is 0 Å². The quantitative estimate of drug-likeness (QED) is 0.806. The highest BCUT2D eigenvalue weighted by Gasteiger charge is 2.35. The van der Waals surface area contributed by atoms with Gasteiger partial charge in [-0.1, -0.05) is 26.0 Å². The fourth-order valence-corrected chi connectivity index (χ4v) is 1.34. The first-order chi connectivity index (χ1) is 8.25. The Bertz CT molecular complexity index is 447. The molecule has 0 radical (unpaired) electrons. The summed E-state index contributed by atoms with van der Waals surface area (Å²) < 4.78 is 0. The van der Waals surface area contributed by atoms with E-state index in [0.29, 0.717) is 11.6 Å². The topological polar surface area (TPSA) is 66.4 Å². The van der Waals surface area contributed by atoms with E-state index in [1.807, 2.05) is 12.1 Å². The molecule has 0 atom stereocenters. The van der Waals surface area contributed by atoms with Crippen LogP contribution in [0.15, 0.2) is 24.3 Å². The van der Waals surface area contributed by atoms with Crippen LogP contribution in [0.25, 0.3) is 0 Å². The summed E-state index contributed by atoms with van der Waals surface area (Å²) in [5.74, 6) is -1.24. The fourth-order valence-electron chi connectivity index (χ4n) is 1.34. The lowest BCUT2D eigenvalue weighted by Gasteiger charge is -2.18. The minimum Gasteiger partial charge on any atom is -0.480 e. The number of aliphatic carboxylic acids is 1. The van der Waals surface area contributed by atoms with Gasteiger partial charge in [-0.25, -0.2) is 0 Å². The number of rotatable bonds is 4. The molecule has 18 heavy (non-hydrogen) atoms. The second-order valence-electron chi connectivity index (χ2n) is 5.16. The van der Waals surface area contributed by atoms with Gasteiger partial charge in [0.25, 0.3) is 0 Å². The molecule has 0 spiro atoms. The molecule has 0 aliphatic heterocycles. The number of hydrogen-bond donors (Lipinski definition) is 2. The molecular weight excluding hydrogens is 230 g/mol. The van der Waals surface area contributed by atoms with Gasteiger partial charge in [0.2, 0.25) is 5.91 Å². The van der Waals surface area contributed by atoms with Gasteiger partial charge in [-0.05, 0) is 37.5 Å². The van der Waals surface area contributed by atoms with E-state index in [-0.39, 0.29) is 0 Å². The van der Waals surface area contributed by atoms with Crippen LogP contribution in [0.1, 0.15) is 39.2 Å². The summed E-state index contributed by atoms with van der Waals surface area (Å²) in [6.07, 6.45) is 0. The number of carbonyl (C=O) groups is 2. The molecule has 0 aliphatic rings. The fraction of sp³-hybridized carbons (Fsp3) is 0.429. The third kappa shape index (κ3) is 3.09. The van der Waals surface area contributed by atoms with Gasteiger partial charge in [-0.3, -0.25) is 9.59 Å². The summed E-state index contributed by atoms with van der Waals surface area (Å²) in [7, 11) is 0. The van der Waals surface area contributed by atoms with E-state index in [9.17, 15) is 9.59 Å². The molecule has 0 unspecified atom stereocenters. The molecule has 1 aromatic carbocycles. The lowest BCUT2D eigenvalue weighted by molar-refractivity contribution is -0.151. The van der Waals surface area contributed by atoms with E-state index in [2.05, 4.69) is 19.2 Å². The number of carbonyl (C=O) groups excluding carboxylic acids is 1. The van der Waals surface area contributed by atoms with Gasteiger partial charge in [0.15, 0.2) is 0 Å². The van der Waals surface area contributed by atoms with Crippen molar-refractivity contribution >= 4 is 17.6 Å². The van der Waals surface area contributed by atoms with Crippen LogP contribution >= 0.6 is 0 Å². The first-order valence-corrected chi connectivity index (χ1v) is 5.90. The maximum atomic E-state index is 11.8. The number of carboxylic acids is 1. The first kappa shape index (κ1) is 14.2. The highest BCUT2D eigenvalue weighted by molar-refractivity contribution is 6.07. The molecule has 0 fully saturated rings. The molecule has 0 heterocycles. The molecule has 0 aromatic heterocycles. The molecule has 0 bridgehead atoms. The van der Waals surface area contributed by atoms with E-state index in [4.69, 9.17) is 5.11 Å². The molecule has 0 aliphatic carbocycles. The number of amides is 1. The molecule has 2 N–H and O–H groups in total. The molecule has 4 nitrogen and oxygen atoms in total. The van der Waals surface area contributed by atoms with Crippen molar-refractivity contribution in [2.45, 2.75) is 33.6 Å². The zero-order valence-corrected chi connectivity index (χ0v) is 11.2. The Labute approximate surface area is 107 Å². The largest absolute Gasteiger partial charge is 0.480 e. The minimum atomic E-state index is -1.43. The van der Waals surface area contributed by atoms with Crippen LogP contribution in [0.4, 0.5) is 5.69 Å². The van der Waals surface area contributed by atoms with Crippen LogP contribution in [0.3, 0.4) is 0 Å². The van der Waals surface area contributed by atoms with Crippen molar-refractivity contribution in [3.63, 3.8) is 0 Å². The Morgan fingerprint density at radius 1 is 1.17 bits per heavy atom. The van der Waals surface area contributed by atoms with Gasteiger partial charge in [0, 0.05) is 5.69 Å². The molecule has 1 amide bonds. The number of anilines is 1. The Balaban J connectivity index is 2.80. The van der Waals surface area contributed by atoms with E-state index < -0.39 is 17.3 Å². The second-order valence-corrected chi connectivity index (χ2v) is 5.16. The van der Waals surface area contributed by atoms with Crippen LogP contribution in [0.2, 0.25) is 0 Å². The van der Waals surface area contributed by atoms with E-state index >= 15 is 0 Å². The Morgan fingerprint density at radius 3 is 2.06 bits per heavy atom. The number of hydrogen-bond acceptors (Lipinski definition) is 2. The summed E-state index contributed by atoms with van der Waals surface area (Å²) in [5, 5.41) is 11.6. The lowest BCUT2D eigenvalue weighted by Crippen LogP contribution is -2.37. The second kappa shape index (κ2) is 5.21. The monoisotopic (exact) mass is 249 g/mol. The first-order valence-electron chi connectivity index (χ1n) is 5.90. The van der Waals surface area contributed by atoms with E-state index in [0.717, 1.165) is 0 Å². The van der Waals surface area contributed by atoms with Gasteiger partial charge in [0.1, 0.15) is 5.41 Å². The zero-order valence-electron chi connectivity index (χ0n) is 11.2. The number of benzene rings is 1. The van der Waals surface area contributed by atoms with E-state index in [1.54, 1.807) is 12.1 Å². The van der Waals surface area contributed by atoms with Crippen molar-refractivity contribution < 1.29 is 14.7 Å². The predicted molar refractivity (Wildman–Crippen MR) is 70.6 cm³/mol. The van der Waals surface area contributed by atoms with Crippen molar-refractivity contribution in [1.82, 2.24) is 0 Å². The summed E-state index contributed by atoms with van der Waals surface area (Å²) in [4.78, 5) is 22.7. The van der Waals surface area contributed by atoms with Crippen LogP contribution in [0.5, 0.6) is 0 Å². The van der Waals surface area contributed by atoms with Gasteiger partial charge in [0.05, 0.1) is 0 Å². The highest BCUT2D eigenvalue weighted by Crippen LogP contribution is 2.21. The zero-order chi connectivity index (χ0) is 13.9. The molecule has 1 aromatic rings. The SMILES string of the molecule is CC(C)c1ccc(NC(=O)C(C)(C)C(=O)O)cc1. The number of nitrogens with one attached hydrogen (secondary N) is 1. The smallest absolute Gasteiger partial charge is 0.318 e. The van der Waals surface area contributed by atoms with Crippen molar-refractivity contribution in [3.05, 3.63) is 29.8 Å². The van der Waals surface area contributed by atoms with Crippen LogP contribution in [-0.2, 0) is 9.59 Å². The average molecular weight is 249 g/mol. The maximum absolute atomic E-state index is 11.8. The lowest BCUT2D eigenvalue weighted by atomic mass is 9.92. The third-order valence-corrected chi connectivity index (χ3v) is 2.94. The van der Waals surface area contributed by atoms with Crippen molar-refractivity contribution in [1.29, 1.82) is 0 Å².